The van der Waals surface area contributed by atoms with Crippen LogP contribution in [0.3, 0.4) is 0 Å². The van der Waals surface area contributed by atoms with Gasteiger partial charge in [0.2, 0.25) is 0 Å². The second-order valence-corrected chi connectivity index (χ2v) is 3.85. The largest absolute Gasteiger partial charge is 0.464 e. The van der Waals surface area contributed by atoms with E-state index >= 15 is 0 Å². The van der Waals surface area contributed by atoms with E-state index in [0.717, 1.165) is 4.68 Å². The molecule has 0 saturated carbocycles. The van der Waals surface area contributed by atoms with E-state index in [4.69, 9.17) is 5.84 Å². The van der Waals surface area contributed by atoms with Crippen LogP contribution in [0.25, 0.3) is 11.4 Å². The summed E-state index contributed by atoms with van der Waals surface area (Å²) in [5.74, 6) is 4.60. The molecule has 0 unspecified atom stereocenters. The number of benzene rings is 1. The number of nitrogens with zero attached hydrogens (tertiary/aromatic N) is 2. The van der Waals surface area contributed by atoms with Crippen LogP contribution in [0.1, 0.15) is 21.0 Å². The summed E-state index contributed by atoms with van der Waals surface area (Å²) in [7, 11) is 2.39. The van der Waals surface area contributed by atoms with Crippen molar-refractivity contribution in [1.29, 1.82) is 0 Å². The summed E-state index contributed by atoms with van der Waals surface area (Å²) < 4.78 is 10.2. The van der Waals surface area contributed by atoms with Crippen molar-refractivity contribution in [2.24, 2.45) is 0 Å². The molecule has 7 nitrogen and oxygen atoms in total. The van der Waals surface area contributed by atoms with Crippen molar-refractivity contribution in [3.05, 3.63) is 41.7 Å². The number of imidazole rings is 1. The number of methoxy groups -OCH3 is 2. The Morgan fingerprint density at radius 2 is 1.70 bits per heavy atom. The lowest BCUT2D eigenvalue weighted by Gasteiger charge is -2.04. The van der Waals surface area contributed by atoms with E-state index in [9.17, 15) is 9.59 Å². The molecule has 0 aliphatic heterocycles. The summed E-state index contributed by atoms with van der Waals surface area (Å²) in [5, 5.41) is 0. The van der Waals surface area contributed by atoms with Crippen LogP contribution in [0.5, 0.6) is 0 Å². The van der Waals surface area contributed by atoms with Crippen molar-refractivity contribution in [3.63, 3.8) is 0 Å². The van der Waals surface area contributed by atoms with Gasteiger partial charge in [0.25, 0.3) is 0 Å². The first kappa shape index (κ1) is 13.6. The Kier molecular flexibility index (Phi) is 3.69. The smallest absolute Gasteiger partial charge is 0.359 e. The maximum absolute atomic E-state index is 11.7. The first-order valence-electron chi connectivity index (χ1n) is 5.70. The van der Waals surface area contributed by atoms with Gasteiger partial charge in [0.05, 0.1) is 14.2 Å². The van der Waals surface area contributed by atoms with E-state index in [1.807, 2.05) is 6.07 Å². The van der Waals surface area contributed by atoms with Crippen LogP contribution in [0.15, 0.2) is 30.3 Å². The SMILES string of the molecule is COC(=O)c1nc(-c2ccccc2)n(N)c1C(=O)OC. The Balaban J connectivity index is 2.65. The highest BCUT2D eigenvalue weighted by atomic mass is 16.5. The molecule has 2 rings (SSSR count). The number of hydrogen-bond donors (Lipinski definition) is 1. The number of aromatic nitrogens is 2. The average Bonchev–Trinajstić information content (AvgIpc) is 2.84. The molecule has 0 bridgehead atoms. The molecule has 0 amide bonds. The van der Waals surface area contributed by atoms with Gasteiger partial charge in [-0.3, -0.25) is 0 Å². The molecule has 20 heavy (non-hydrogen) atoms. The summed E-state index contributed by atoms with van der Waals surface area (Å²) in [6.45, 7) is 0. The van der Waals surface area contributed by atoms with Crippen molar-refractivity contribution < 1.29 is 19.1 Å². The van der Waals surface area contributed by atoms with E-state index in [1.54, 1.807) is 24.3 Å². The lowest BCUT2D eigenvalue weighted by molar-refractivity contribution is 0.0545. The van der Waals surface area contributed by atoms with Gasteiger partial charge in [-0.25, -0.2) is 19.2 Å². The molecular formula is C13H13N3O4. The molecule has 1 heterocycles. The van der Waals surface area contributed by atoms with E-state index in [0.29, 0.717) is 5.56 Å². The zero-order valence-corrected chi connectivity index (χ0v) is 11.0. The molecule has 0 radical (unpaired) electrons. The first-order valence-corrected chi connectivity index (χ1v) is 5.70. The second-order valence-electron chi connectivity index (χ2n) is 3.85. The van der Waals surface area contributed by atoms with Crippen LogP contribution < -0.4 is 5.84 Å². The van der Waals surface area contributed by atoms with Gasteiger partial charge in [-0.15, -0.1) is 0 Å². The molecule has 0 saturated heterocycles. The van der Waals surface area contributed by atoms with Gasteiger partial charge in [0.1, 0.15) is 0 Å². The highest BCUT2D eigenvalue weighted by Crippen LogP contribution is 2.21. The molecule has 0 atom stereocenters. The molecule has 2 aromatic rings. The number of carbonyl (C=O) groups excluding carboxylic acids is 2. The molecule has 0 aliphatic rings. The van der Waals surface area contributed by atoms with Crippen molar-refractivity contribution in [2.75, 3.05) is 20.1 Å². The zero-order valence-electron chi connectivity index (χ0n) is 11.0. The Bertz CT molecular complexity index is 649. The van der Waals surface area contributed by atoms with Gasteiger partial charge in [-0.2, -0.15) is 0 Å². The van der Waals surface area contributed by atoms with Crippen LogP contribution >= 0.6 is 0 Å². The third-order valence-corrected chi connectivity index (χ3v) is 2.70. The molecule has 1 aromatic carbocycles. The van der Waals surface area contributed by atoms with Crippen LogP contribution in [0.2, 0.25) is 0 Å². The number of esters is 2. The Morgan fingerprint density at radius 1 is 1.10 bits per heavy atom. The van der Waals surface area contributed by atoms with Crippen LogP contribution in [-0.4, -0.2) is 35.8 Å². The van der Waals surface area contributed by atoms with Crippen molar-refractivity contribution >= 4 is 11.9 Å². The van der Waals surface area contributed by atoms with Crippen LogP contribution in [0.4, 0.5) is 0 Å². The third kappa shape index (κ3) is 2.20. The summed E-state index contributed by atoms with van der Waals surface area (Å²) >= 11 is 0. The first-order chi connectivity index (χ1) is 9.60. The fraction of sp³-hybridized carbons (Fsp3) is 0.154. The summed E-state index contributed by atoms with van der Waals surface area (Å²) in [6, 6.07) is 8.93. The van der Waals surface area contributed by atoms with Gasteiger partial charge < -0.3 is 15.3 Å². The standard InChI is InChI=1S/C13H13N3O4/c1-19-12(17)9-10(13(18)20-2)16(14)11(15-9)8-6-4-3-5-7-8/h3-7H,14H2,1-2H3. The van der Waals surface area contributed by atoms with Gasteiger partial charge in [-0.05, 0) is 0 Å². The Hall–Kier alpha value is -2.83. The third-order valence-electron chi connectivity index (χ3n) is 2.70. The molecule has 2 N–H and O–H groups in total. The summed E-state index contributed by atoms with van der Waals surface area (Å²) in [6.07, 6.45) is 0. The number of rotatable bonds is 3. The molecule has 0 fully saturated rings. The number of hydrogen-bond acceptors (Lipinski definition) is 6. The molecule has 0 aliphatic carbocycles. The zero-order chi connectivity index (χ0) is 14.7. The van der Waals surface area contributed by atoms with Gasteiger partial charge >= 0.3 is 11.9 Å². The molecule has 1 aromatic heterocycles. The quantitative estimate of drug-likeness (QED) is 0.658. The van der Waals surface area contributed by atoms with Crippen molar-refractivity contribution in [1.82, 2.24) is 9.66 Å². The Labute approximate surface area is 114 Å². The van der Waals surface area contributed by atoms with Crippen molar-refractivity contribution in [3.8, 4) is 11.4 Å². The lowest BCUT2D eigenvalue weighted by atomic mass is 10.2. The van der Waals surface area contributed by atoms with E-state index < -0.39 is 11.9 Å². The lowest BCUT2D eigenvalue weighted by Crippen LogP contribution is -2.21. The maximum atomic E-state index is 11.7. The minimum atomic E-state index is -0.761. The van der Waals surface area contributed by atoms with E-state index in [2.05, 4.69) is 14.5 Å². The molecular weight excluding hydrogens is 262 g/mol. The van der Waals surface area contributed by atoms with Crippen LogP contribution in [-0.2, 0) is 9.47 Å². The summed E-state index contributed by atoms with van der Waals surface area (Å²) in [4.78, 5) is 27.5. The highest BCUT2D eigenvalue weighted by molar-refractivity contribution is 6.01. The fourth-order valence-corrected chi connectivity index (χ4v) is 1.75. The number of nitrogen functional groups attached to an aromatic ring is 1. The van der Waals surface area contributed by atoms with Gasteiger partial charge in [0, 0.05) is 5.56 Å². The molecule has 104 valence electrons. The number of carbonyl (C=O) groups is 2. The topological polar surface area (TPSA) is 96.4 Å². The summed E-state index contributed by atoms with van der Waals surface area (Å²) in [5.41, 5.74) is 0.328. The normalized spacial score (nSPS) is 10.1. The molecule has 7 heteroatoms. The van der Waals surface area contributed by atoms with E-state index in [1.165, 1.54) is 14.2 Å². The maximum Gasteiger partial charge on any atom is 0.359 e. The fourth-order valence-electron chi connectivity index (χ4n) is 1.75. The minimum Gasteiger partial charge on any atom is -0.464 e. The van der Waals surface area contributed by atoms with Gasteiger partial charge in [0.15, 0.2) is 17.2 Å². The second kappa shape index (κ2) is 5.43. The van der Waals surface area contributed by atoms with Gasteiger partial charge in [-0.1, -0.05) is 30.3 Å². The van der Waals surface area contributed by atoms with E-state index in [-0.39, 0.29) is 17.2 Å². The highest BCUT2D eigenvalue weighted by Gasteiger charge is 2.28. The monoisotopic (exact) mass is 275 g/mol. The minimum absolute atomic E-state index is 0.154. The predicted molar refractivity (Wildman–Crippen MR) is 70.5 cm³/mol. The predicted octanol–water partition coefficient (Wildman–Crippen LogP) is 0.837. The number of nitrogens with two attached hydrogens (primary N) is 1. The van der Waals surface area contributed by atoms with Crippen LogP contribution in [0, 0.1) is 0 Å². The average molecular weight is 275 g/mol. The number of ether oxygens (including phenoxy) is 2. The van der Waals surface area contributed by atoms with Crippen molar-refractivity contribution in [2.45, 2.75) is 0 Å². The Morgan fingerprint density at radius 3 is 2.25 bits per heavy atom. The molecule has 0 spiro atoms.